The number of rotatable bonds is 7. The van der Waals surface area contributed by atoms with Crippen LogP contribution in [-0.4, -0.2) is 98.1 Å². The number of hydrogen-bond acceptors (Lipinski definition) is 8. The first kappa shape index (κ1) is 28.7. The van der Waals surface area contributed by atoms with Crippen LogP contribution in [0.25, 0.3) is 33.1 Å². The van der Waals surface area contributed by atoms with Crippen LogP contribution in [0.5, 0.6) is 5.88 Å². The molecule has 17 heteroatoms. The van der Waals surface area contributed by atoms with Crippen molar-refractivity contribution in [2.45, 2.75) is 23.8 Å². The standard InChI is InChI=1S/C26H18B4F3N7O3/c1-13-37-20(38-43-13)15-3-2-14-4-6-34-21(16(14)10-15)35-8-9-39-23(41)19-11-17-18(40(19)26(29,30)25(39,27)28)5-7-36-22(17)42-12-24(31,32)33/h2-7,10-11H,8-9,12H2,1H3,(H,34,35). The van der Waals surface area contributed by atoms with Gasteiger partial charge in [0.1, 0.15) is 11.5 Å². The lowest BCUT2D eigenvalue weighted by atomic mass is 9.36. The Kier molecular flexibility index (Phi) is 6.73. The van der Waals surface area contributed by atoms with Gasteiger partial charge >= 0.3 is 6.18 Å². The first-order chi connectivity index (χ1) is 20.3. The van der Waals surface area contributed by atoms with E-state index in [1.165, 1.54) is 22.9 Å². The number of aryl methyl sites for hydroxylation is 1. The Morgan fingerprint density at radius 1 is 1.02 bits per heavy atom. The van der Waals surface area contributed by atoms with Crippen molar-refractivity contribution < 1.29 is 27.2 Å². The predicted molar refractivity (Wildman–Crippen MR) is 154 cm³/mol. The van der Waals surface area contributed by atoms with Crippen LogP contribution in [0, 0.1) is 6.92 Å². The van der Waals surface area contributed by atoms with Crippen LogP contribution in [0.1, 0.15) is 16.4 Å². The second-order valence-corrected chi connectivity index (χ2v) is 10.1. The largest absolute Gasteiger partial charge is 0.468 e. The number of carbonyl (C=O) groups excluding carboxylic acids is 1. The quantitative estimate of drug-likeness (QED) is 0.294. The number of nitrogens with zero attached hydrogens (tertiary/aromatic N) is 6. The molecule has 0 unspecified atom stereocenters. The third-order valence-corrected chi connectivity index (χ3v) is 7.17. The number of carbonyl (C=O) groups is 1. The highest BCUT2D eigenvalue weighted by Crippen LogP contribution is 2.39. The summed E-state index contributed by atoms with van der Waals surface area (Å²) in [4.78, 5) is 27.4. The number of ether oxygens (including phenoxy) is 1. The van der Waals surface area contributed by atoms with Crippen molar-refractivity contribution >= 4 is 64.8 Å². The predicted octanol–water partition coefficient (Wildman–Crippen LogP) is 2.39. The number of pyridine rings is 2. The topological polar surface area (TPSA) is 111 Å². The van der Waals surface area contributed by atoms with Gasteiger partial charge in [-0.25, -0.2) is 9.97 Å². The van der Waals surface area contributed by atoms with Crippen molar-refractivity contribution in [3.8, 4) is 17.3 Å². The van der Waals surface area contributed by atoms with Crippen molar-refractivity contribution in [1.82, 2.24) is 29.6 Å². The van der Waals surface area contributed by atoms with Gasteiger partial charge in [0.25, 0.3) is 5.91 Å². The Morgan fingerprint density at radius 2 is 1.79 bits per heavy atom. The van der Waals surface area contributed by atoms with Gasteiger partial charge in [0.05, 0.1) is 42.3 Å². The van der Waals surface area contributed by atoms with Crippen molar-refractivity contribution in [3.63, 3.8) is 0 Å². The van der Waals surface area contributed by atoms with E-state index in [0.717, 1.165) is 15.7 Å². The fourth-order valence-electron chi connectivity index (χ4n) is 5.07. The number of aromatic nitrogens is 5. The van der Waals surface area contributed by atoms with Crippen LogP contribution in [0.3, 0.4) is 0 Å². The number of halogens is 3. The molecule has 6 rings (SSSR count). The van der Waals surface area contributed by atoms with E-state index in [1.54, 1.807) is 13.1 Å². The summed E-state index contributed by atoms with van der Waals surface area (Å²) in [5, 5.41) is 4.65. The molecule has 0 saturated carbocycles. The van der Waals surface area contributed by atoms with Crippen molar-refractivity contribution in [1.29, 1.82) is 0 Å². The van der Waals surface area contributed by atoms with E-state index < -0.39 is 29.4 Å². The normalized spacial score (nSPS) is 16.0. The summed E-state index contributed by atoms with van der Waals surface area (Å²) >= 11 is 0. The summed E-state index contributed by atoms with van der Waals surface area (Å²) in [7, 11) is 25.7. The second kappa shape index (κ2) is 10.1. The molecular weight excluding hydrogens is 559 g/mol. The van der Waals surface area contributed by atoms with Crippen LogP contribution in [-0.2, 0) is 5.34 Å². The first-order valence-corrected chi connectivity index (χ1v) is 12.9. The maximum absolute atomic E-state index is 13.7. The van der Waals surface area contributed by atoms with Gasteiger partial charge in [-0.2, -0.15) is 18.2 Å². The van der Waals surface area contributed by atoms with Gasteiger partial charge in [0.2, 0.25) is 17.6 Å². The van der Waals surface area contributed by atoms with E-state index in [4.69, 9.17) is 40.6 Å². The van der Waals surface area contributed by atoms with Crippen LogP contribution in [0.2, 0.25) is 0 Å². The maximum atomic E-state index is 13.7. The molecule has 10 nitrogen and oxygen atoms in total. The Morgan fingerprint density at radius 3 is 2.51 bits per heavy atom. The summed E-state index contributed by atoms with van der Waals surface area (Å²) in [5.74, 6) is 0.336. The zero-order valence-corrected chi connectivity index (χ0v) is 22.6. The number of hydrogen-bond donors (Lipinski definition) is 1. The van der Waals surface area contributed by atoms with Gasteiger partial charge in [-0.3, -0.25) is 4.79 Å². The molecule has 0 fully saturated rings. The molecular formula is C26H18B4F3N7O3. The third kappa shape index (κ3) is 4.90. The smallest absolute Gasteiger partial charge is 0.422 e. The Hall–Kier alpha value is -4.42. The molecule has 0 aliphatic carbocycles. The molecule has 0 atom stereocenters. The number of anilines is 1. The molecule has 1 aromatic carbocycles. The lowest BCUT2D eigenvalue weighted by molar-refractivity contribution is -0.153. The van der Waals surface area contributed by atoms with Crippen LogP contribution in [0.4, 0.5) is 19.0 Å². The van der Waals surface area contributed by atoms with Crippen LogP contribution >= 0.6 is 0 Å². The zero-order chi connectivity index (χ0) is 30.7. The molecule has 5 heterocycles. The average Bonchev–Trinajstić information content (AvgIpc) is 3.57. The fourth-order valence-corrected chi connectivity index (χ4v) is 5.07. The highest BCUT2D eigenvalue weighted by atomic mass is 19.4. The van der Waals surface area contributed by atoms with E-state index in [0.29, 0.717) is 23.1 Å². The Labute approximate surface area is 248 Å². The van der Waals surface area contributed by atoms with Crippen LogP contribution in [0.15, 0.2) is 53.3 Å². The lowest BCUT2D eigenvalue weighted by Crippen LogP contribution is -2.72. The minimum Gasteiger partial charge on any atom is -0.468 e. The summed E-state index contributed by atoms with van der Waals surface area (Å²) in [6.45, 7) is 0.160. The van der Waals surface area contributed by atoms with Crippen molar-refractivity contribution in [2.24, 2.45) is 0 Å². The van der Waals surface area contributed by atoms with E-state index in [-0.39, 0.29) is 35.6 Å². The SMILES string of the molecule is [B]C1([B])N(CCNc2nccc3ccc(-c4noc(C)n4)cc23)C(=O)c2cc3c(OCC(F)(F)F)nccc3n2C1([B])[B]. The molecule has 0 saturated heterocycles. The van der Waals surface area contributed by atoms with E-state index in [1.807, 2.05) is 24.3 Å². The molecule has 8 radical (unpaired) electrons. The van der Waals surface area contributed by atoms with E-state index >= 15 is 0 Å². The summed E-state index contributed by atoms with van der Waals surface area (Å²) in [5.41, 5.74) is 0.831. The monoisotopic (exact) mass is 577 g/mol. The lowest BCUT2D eigenvalue weighted by Gasteiger charge is -2.56. The van der Waals surface area contributed by atoms with Crippen molar-refractivity contribution in [3.05, 3.63) is 60.4 Å². The Bertz CT molecular complexity index is 1880. The van der Waals surface area contributed by atoms with Gasteiger partial charge in [0.15, 0.2) is 6.61 Å². The molecule has 5 aromatic rings. The van der Waals surface area contributed by atoms with Crippen molar-refractivity contribution in [2.75, 3.05) is 25.0 Å². The molecule has 1 amide bonds. The zero-order valence-electron chi connectivity index (χ0n) is 22.6. The number of alkyl halides is 3. The number of fused-ring (bicyclic) bond motifs is 4. The molecule has 0 spiro atoms. The second-order valence-electron chi connectivity index (χ2n) is 10.1. The van der Waals surface area contributed by atoms with E-state index in [9.17, 15) is 18.0 Å². The highest BCUT2D eigenvalue weighted by molar-refractivity contribution is 6.54. The number of nitrogens with one attached hydrogen (secondary N) is 1. The minimum absolute atomic E-state index is 0.0558. The van der Waals surface area contributed by atoms with Gasteiger partial charge in [0, 0.05) is 43.4 Å². The molecule has 1 N–H and O–H groups in total. The minimum atomic E-state index is -4.61. The summed E-state index contributed by atoms with van der Waals surface area (Å²) in [6.07, 6.45) is -1.78. The van der Waals surface area contributed by atoms with Gasteiger partial charge < -0.3 is 24.0 Å². The number of benzene rings is 1. The molecule has 43 heavy (non-hydrogen) atoms. The van der Waals surface area contributed by atoms with E-state index in [2.05, 4.69) is 25.4 Å². The fraction of sp³-hybridized carbons (Fsp3) is 0.269. The van der Waals surface area contributed by atoms with Gasteiger partial charge in [-0.15, -0.1) is 0 Å². The Balaban J connectivity index is 1.29. The van der Waals surface area contributed by atoms with Crippen LogP contribution < -0.4 is 10.1 Å². The van der Waals surface area contributed by atoms with Gasteiger partial charge in [-0.05, 0) is 40.3 Å². The molecule has 0 bridgehead atoms. The average molecular weight is 577 g/mol. The third-order valence-electron chi connectivity index (χ3n) is 7.17. The molecule has 1 aliphatic heterocycles. The molecule has 1 aliphatic rings. The molecule has 208 valence electrons. The maximum Gasteiger partial charge on any atom is 0.422 e. The summed E-state index contributed by atoms with van der Waals surface area (Å²) < 4.78 is 49.6. The van der Waals surface area contributed by atoms with Gasteiger partial charge in [-0.1, -0.05) is 17.3 Å². The number of amides is 1. The highest BCUT2D eigenvalue weighted by Gasteiger charge is 2.49. The first-order valence-electron chi connectivity index (χ1n) is 12.9. The molecule has 4 aromatic heterocycles. The summed E-state index contributed by atoms with van der Waals surface area (Å²) in [6, 6.07) is 10.2.